The first kappa shape index (κ1) is 21.1. The van der Waals surface area contributed by atoms with Gasteiger partial charge >= 0.3 is 0 Å². The number of rotatable bonds is 6. The summed E-state index contributed by atoms with van der Waals surface area (Å²) in [6, 6.07) is 15.3. The molecule has 3 aromatic rings. The smallest absolute Gasteiger partial charge is 0.272 e. The molecule has 1 amide bonds. The van der Waals surface area contributed by atoms with Crippen molar-refractivity contribution in [3.63, 3.8) is 0 Å². The number of carbonyl (C=O) groups is 1. The quantitative estimate of drug-likeness (QED) is 0.661. The van der Waals surface area contributed by atoms with Gasteiger partial charge in [-0.2, -0.15) is 5.10 Å². The number of likely N-dealkylation sites (tertiary alicyclic amines) is 1. The third-order valence-corrected chi connectivity index (χ3v) is 5.29. The number of amides is 1. The first-order valence-electron chi connectivity index (χ1n) is 9.95. The highest BCUT2D eigenvalue weighted by atomic mass is 35.5. The minimum Gasteiger partial charge on any atom is -0.463 e. The van der Waals surface area contributed by atoms with Crippen LogP contribution in [-0.2, 0) is 0 Å². The van der Waals surface area contributed by atoms with E-state index in [4.69, 9.17) is 4.42 Å². The van der Waals surface area contributed by atoms with Crippen LogP contribution in [0.1, 0.15) is 30.3 Å². The lowest BCUT2D eigenvalue weighted by molar-refractivity contribution is 0.0681. The number of halogens is 1. The van der Waals surface area contributed by atoms with Crippen molar-refractivity contribution in [1.82, 2.24) is 20.0 Å². The summed E-state index contributed by atoms with van der Waals surface area (Å²) in [5.74, 6) is 1.32. The Kier molecular flexibility index (Phi) is 7.12. The number of carbonyl (C=O) groups excluding carboxylic acids is 1. The molecule has 1 N–H and O–H groups in total. The van der Waals surface area contributed by atoms with Crippen molar-refractivity contribution in [1.29, 1.82) is 0 Å². The van der Waals surface area contributed by atoms with Gasteiger partial charge in [0.1, 0.15) is 11.4 Å². The van der Waals surface area contributed by atoms with Crippen LogP contribution in [0.2, 0.25) is 0 Å². The Labute approximate surface area is 177 Å². The number of para-hydroxylation sites is 1. The molecule has 7 heteroatoms. The number of piperidine rings is 1. The van der Waals surface area contributed by atoms with E-state index in [1.165, 1.54) is 0 Å². The third-order valence-electron chi connectivity index (χ3n) is 5.29. The second-order valence-electron chi connectivity index (χ2n) is 7.18. The van der Waals surface area contributed by atoms with Gasteiger partial charge in [-0.25, -0.2) is 4.68 Å². The predicted molar refractivity (Wildman–Crippen MR) is 116 cm³/mol. The fraction of sp³-hybridized carbons (Fsp3) is 0.364. The van der Waals surface area contributed by atoms with Gasteiger partial charge in [0.2, 0.25) is 0 Å². The van der Waals surface area contributed by atoms with E-state index in [2.05, 4.69) is 17.3 Å². The minimum atomic E-state index is 0. The highest BCUT2D eigenvalue weighted by Gasteiger charge is 2.27. The molecular weight excluding hydrogens is 388 g/mol. The molecule has 0 aliphatic carbocycles. The molecule has 1 aliphatic heterocycles. The zero-order chi connectivity index (χ0) is 19.3. The van der Waals surface area contributed by atoms with Crippen molar-refractivity contribution in [2.24, 2.45) is 5.92 Å². The van der Waals surface area contributed by atoms with Crippen LogP contribution in [0.4, 0.5) is 0 Å². The zero-order valence-corrected chi connectivity index (χ0v) is 17.4. The lowest BCUT2D eigenvalue weighted by Gasteiger charge is -2.32. The third kappa shape index (κ3) is 4.71. The van der Waals surface area contributed by atoms with E-state index in [0.29, 0.717) is 23.1 Å². The second-order valence-corrected chi connectivity index (χ2v) is 7.18. The Bertz CT molecular complexity index is 900. The fourth-order valence-corrected chi connectivity index (χ4v) is 3.69. The standard InChI is InChI=1S/C22H26N4O2.ClH/c1-2-23-16-17-10-12-25(13-11-17)22(27)20-15-19(21-9-6-14-28-21)24-26(20)18-7-4-3-5-8-18;/h3-9,14-15,17,23H,2,10-13,16H2,1H3;1H. The van der Waals surface area contributed by atoms with Crippen LogP contribution in [0.5, 0.6) is 0 Å². The first-order chi connectivity index (χ1) is 13.8. The van der Waals surface area contributed by atoms with Crippen LogP contribution in [0.15, 0.2) is 59.2 Å². The number of hydrogen-bond acceptors (Lipinski definition) is 4. The van der Waals surface area contributed by atoms with Gasteiger partial charge in [0.05, 0.1) is 12.0 Å². The number of aromatic nitrogens is 2. The Balaban J connectivity index is 0.00000240. The van der Waals surface area contributed by atoms with Gasteiger partial charge in [0, 0.05) is 19.2 Å². The van der Waals surface area contributed by atoms with E-state index in [1.807, 2.05) is 53.4 Å². The molecule has 1 fully saturated rings. The number of furan rings is 1. The topological polar surface area (TPSA) is 63.3 Å². The molecule has 6 nitrogen and oxygen atoms in total. The van der Waals surface area contributed by atoms with E-state index in [0.717, 1.165) is 44.7 Å². The first-order valence-corrected chi connectivity index (χ1v) is 9.95. The van der Waals surface area contributed by atoms with Crippen LogP contribution in [0.3, 0.4) is 0 Å². The van der Waals surface area contributed by atoms with Gasteiger partial charge in [-0.05, 0) is 56.1 Å². The highest BCUT2D eigenvalue weighted by molar-refractivity contribution is 5.94. The molecule has 0 spiro atoms. The predicted octanol–water partition coefficient (Wildman–Crippen LogP) is 4.02. The SMILES string of the molecule is CCNCC1CCN(C(=O)c2cc(-c3ccco3)nn2-c2ccccc2)CC1.Cl. The fourth-order valence-electron chi connectivity index (χ4n) is 3.69. The van der Waals surface area contributed by atoms with Crippen molar-refractivity contribution in [2.75, 3.05) is 26.2 Å². The second kappa shape index (κ2) is 9.76. The Morgan fingerprint density at radius 1 is 1.17 bits per heavy atom. The number of hydrogen-bond donors (Lipinski definition) is 1. The molecule has 2 aromatic heterocycles. The molecule has 0 bridgehead atoms. The molecule has 1 aromatic carbocycles. The van der Waals surface area contributed by atoms with Gasteiger partial charge in [0.25, 0.3) is 5.91 Å². The van der Waals surface area contributed by atoms with Crippen molar-refractivity contribution < 1.29 is 9.21 Å². The van der Waals surface area contributed by atoms with Crippen LogP contribution in [-0.4, -0.2) is 46.8 Å². The lowest BCUT2D eigenvalue weighted by Crippen LogP contribution is -2.41. The van der Waals surface area contributed by atoms with E-state index < -0.39 is 0 Å². The maximum absolute atomic E-state index is 13.3. The summed E-state index contributed by atoms with van der Waals surface area (Å²) in [5, 5.41) is 8.08. The molecule has 4 rings (SSSR count). The van der Waals surface area contributed by atoms with Crippen molar-refractivity contribution >= 4 is 18.3 Å². The minimum absolute atomic E-state index is 0. The summed E-state index contributed by atoms with van der Waals surface area (Å²) in [6.07, 6.45) is 3.68. The van der Waals surface area contributed by atoms with Crippen LogP contribution in [0.25, 0.3) is 17.1 Å². The lowest BCUT2D eigenvalue weighted by atomic mass is 9.96. The van der Waals surface area contributed by atoms with Gasteiger partial charge in [-0.3, -0.25) is 4.79 Å². The summed E-state index contributed by atoms with van der Waals surface area (Å²) in [6.45, 7) is 5.71. The maximum atomic E-state index is 13.3. The number of nitrogens with one attached hydrogen (secondary N) is 1. The van der Waals surface area contributed by atoms with Gasteiger partial charge in [-0.15, -0.1) is 12.4 Å². The Hall–Kier alpha value is -2.57. The molecule has 0 atom stereocenters. The largest absolute Gasteiger partial charge is 0.463 e. The Morgan fingerprint density at radius 3 is 2.59 bits per heavy atom. The van der Waals surface area contributed by atoms with Gasteiger partial charge < -0.3 is 14.6 Å². The van der Waals surface area contributed by atoms with Gasteiger partial charge in [-0.1, -0.05) is 25.1 Å². The van der Waals surface area contributed by atoms with E-state index >= 15 is 0 Å². The molecule has 0 radical (unpaired) electrons. The summed E-state index contributed by atoms with van der Waals surface area (Å²) in [4.78, 5) is 15.3. The van der Waals surface area contributed by atoms with Crippen molar-refractivity contribution in [3.8, 4) is 17.1 Å². The van der Waals surface area contributed by atoms with E-state index in [1.54, 1.807) is 10.9 Å². The Morgan fingerprint density at radius 2 is 1.93 bits per heavy atom. The molecule has 1 saturated heterocycles. The zero-order valence-electron chi connectivity index (χ0n) is 16.6. The van der Waals surface area contributed by atoms with Crippen molar-refractivity contribution in [3.05, 3.63) is 60.5 Å². The molecule has 29 heavy (non-hydrogen) atoms. The summed E-state index contributed by atoms with van der Waals surface area (Å²) >= 11 is 0. The molecule has 0 saturated carbocycles. The van der Waals surface area contributed by atoms with Crippen LogP contribution in [0, 0.1) is 5.92 Å². The normalized spacial score (nSPS) is 14.6. The van der Waals surface area contributed by atoms with Crippen molar-refractivity contribution in [2.45, 2.75) is 19.8 Å². The molecular formula is C22H27ClN4O2. The summed E-state index contributed by atoms with van der Waals surface area (Å²) in [7, 11) is 0. The average Bonchev–Trinajstić information content (AvgIpc) is 3.42. The van der Waals surface area contributed by atoms with Crippen LogP contribution >= 0.6 is 12.4 Å². The molecule has 1 aliphatic rings. The highest BCUT2D eigenvalue weighted by Crippen LogP contribution is 2.25. The molecule has 154 valence electrons. The van der Waals surface area contributed by atoms with E-state index in [-0.39, 0.29) is 18.3 Å². The maximum Gasteiger partial charge on any atom is 0.272 e. The van der Waals surface area contributed by atoms with E-state index in [9.17, 15) is 4.79 Å². The monoisotopic (exact) mass is 414 g/mol. The summed E-state index contributed by atoms with van der Waals surface area (Å²) in [5.41, 5.74) is 2.10. The summed E-state index contributed by atoms with van der Waals surface area (Å²) < 4.78 is 7.22. The van der Waals surface area contributed by atoms with Gasteiger partial charge in [0.15, 0.2) is 5.76 Å². The number of nitrogens with zero attached hydrogens (tertiary/aromatic N) is 3. The molecule has 3 heterocycles. The average molecular weight is 415 g/mol. The number of benzene rings is 1. The molecule has 0 unspecified atom stereocenters. The van der Waals surface area contributed by atoms with Crippen LogP contribution < -0.4 is 5.32 Å².